The lowest BCUT2D eigenvalue weighted by molar-refractivity contribution is 0.447. The zero-order chi connectivity index (χ0) is 9.15. The van der Waals surface area contributed by atoms with Crippen LogP contribution in [0.2, 0.25) is 0 Å². The molecule has 1 aromatic rings. The summed E-state index contributed by atoms with van der Waals surface area (Å²) in [4.78, 5) is 8.24. The summed E-state index contributed by atoms with van der Waals surface area (Å²) in [7, 11) is 0. The number of hydrogen-bond acceptors (Lipinski definition) is 3. The lowest BCUT2D eigenvalue weighted by Gasteiger charge is -2.22. The molecule has 0 fully saturated rings. The summed E-state index contributed by atoms with van der Waals surface area (Å²) in [6.07, 6.45) is 12.2. The first-order valence-corrected chi connectivity index (χ1v) is 4.47. The van der Waals surface area contributed by atoms with E-state index in [4.69, 9.17) is 5.73 Å². The van der Waals surface area contributed by atoms with Crippen LogP contribution in [0.3, 0.4) is 0 Å². The van der Waals surface area contributed by atoms with Gasteiger partial charge in [-0.05, 0) is 12.8 Å². The van der Waals surface area contributed by atoms with Crippen LogP contribution in [0.5, 0.6) is 0 Å². The average Bonchev–Trinajstić information content (AvgIpc) is 2.54. The van der Waals surface area contributed by atoms with Crippen molar-refractivity contribution >= 4 is 0 Å². The Kier molecular flexibility index (Phi) is 2.10. The third-order valence-corrected chi connectivity index (χ3v) is 2.37. The number of aromatic nitrogens is 2. The molecule has 0 aromatic carbocycles. The summed E-state index contributed by atoms with van der Waals surface area (Å²) >= 11 is 0. The van der Waals surface area contributed by atoms with E-state index < -0.39 is 0 Å². The van der Waals surface area contributed by atoms with Gasteiger partial charge in [-0.25, -0.2) is 0 Å². The van der Waals surface area contributed by atoms with Crippen LogP contribution in [0.15, 0.2) is 30.7 Å². The Morgan fingerprint density at radius 3 is 2.69 bits per heavy atom. The van der Waals surface area contributed by atoms with Gasteiger partial charge in [-0.15, -0.1) is 0 Å². The molecule has 1 aromatic heterocycles. The van der Waals surface area contributed by atoms with E-state index in [0.717, 1.165) is 25.0 Å². The fourth-order valence-electron chi connectivity index (χ4n) is 1.65. The highest BCUT2D eigenvalue weighted by Crippen LogP contribution is 2.23. The van der Waals surface area contributed by atoms with E-state index in [1.807, 2.05) is 0 Å². The first kappa shape index (κ1) is 8.38. The molecule has 0 bridgehead atoms. The zero-order valence-electron chi connectivity index (χ0n) is 7.48. The lowest BCUT2D eigenvalue weighted by atomic mass is 9.92. The molecule has 0 saturated heterocycles. The fraction of sp³-hybridized carbons (Fsp3) is 0.400. The lowest BCUT2D eigenvalue weighted by Crippen LogP contribution is -2.39. The SMILES string of the molecule is NC1(Cc2cnccn2)CC=CC1. The minimum absolute atomic E-state index is 0.115. The van der Waals surface area contributed by atoms with Crippen LogP contribution in [0.1, 0.15) is 18.5 Å². The number of hydrogen-bond donors (Lipinski definition) is 1. The Morgan fingerprint density at radius 1 is 1.31 bits per heavy atom. The Labute approximate surface area is 77.7 Å². The summed E-state index contributed by atoms with van der Waals surface area (Å²) in [5.74, 6) is 0. The normalized spacial score (nSPS) is 19.2. The molecule has 0 amide bonds. The molecule has 3 heteroatoms. The van der Waals surface area contributed by atoms with Crippen molar-refractivity contribution in [2.45, 2.75) is 24.8 Å². The van der Waals surface area contributed by atoms with Gasteiger partial charge >= 0.3 is 0 Å². The third-order valence-electron chi connectivity index (χ3n) is 2.37. The largest absolute Gasteiger partial charge is 0.324 e. The van der Waals surface area contributed by atoms with Crippen molar-refractivity contribution in [2.75, 3.05) is 0 Å². The third kappa shape index (κ3) is 1.92. The molecular formula is C10H13N3. The van der Waals surface area contributed by atoms with E-state index in [2.05, 4.69) is 22.1 Å². The molecule has 68 valence electrons. The van der Waals surface area contributed by atoms with E-state index >= 15 is 0 Å². The van der Waals surface area contributed by atoms with Gasteiger partial charge in [-0.2, -0.15) is 0 Å². The van der Waals surface area contributed by atoms with Crippen LogP contribution in [-0.2, 0) is 6.42 Å². The molecule has 1 heterocycles. The Morgan fingerprint density at radius 2 is 2.08 bits per heavy atom. The van der Waals surface area contributed by atoms with E-state index in [1.165, 1.54) is 0 Å². The maximum absolute atomic E-state index is 6.16. The first-order valence-electron chi connectivity index (χ1n) is 4.47. The van der Waals surface area contributed by atoms with Crippen molar-refractivity contribution in [3.8, 4) is 0 Å². The van der Waals surface area contributed by atoms with Crippen molar-refractivity contribution in [3.63, 3.8) is 0 Å². The van der Waals surface area contributed by atoms with Gasteiger partial charge in [-0.3, -0.25) is 9.97 Å². The summed E-state index contributed by atoms with van der Waals surface area (Å²) < 4.78 is 0. The van der Waals surface area contributed by atoms with Crippen LogP contribution in [0.25, 0.3) is 0 Å². The second kappa shape index (κ2) is 3.26. The van der Waals surface area contributed by atoms with Crippen molar-refractivity contribution in [2.24, 2.45) is 5.73 Å². The molecule has 0 atom stereocenters. The van der Waals surface area contributed by atoms with Crippen molar-refractivity contribution in [3.05, 3.63) is 36.4 Å². The van der Waals surface area contributed by atoms with Gasteiger partial charge in [-0.1, -0.05) is 12.2 Å². The molecule has 0 spiro atoms. The predicted octanol–water partition coefficient (Wildman–Crippen LogP) is 1.07. The molecule has 1 aliphatic rings. The fourth-order valence-corrected chi connectivity index (χ4v) is 1.65. The van der Waals surface area contributed by atoms with Crippen molar-refractivity contribution < 1.29 is 0 Å². The monoisotopic (exact) mass is 175 g/mol. The molecule has 2 rings (SSSR count). The molecule has 0 unspecified atom stereocenters. The van der Waals surface area contributed by atoms with Crippen LogP contribution in [0, 0.1) is 0 Å². The number of nitrogens with two attached hydrogens (primary N) is 1. The highest BCUT2D eigenvalue weighted by Gasteiger charge is 2.26. The van der Waals surface area contributed by atoms with Crippen LogP contribution < -0.4 is 5.73 Å². The molecule has 3 nitrogen and oxygen atoms in total. The summed E-state index contributed by atoms with van der Waals surface area (Å²) in [6.45, 7) is 0. The molecule has 2 N–H and O–H groups in total. The highest BCUT2D eigenvalue weighted by atomic mass is 14.8. The molecule has 0 aliphatic heterocycles. The topological polar surface area (TPSA) is 51.8 Å². The second-order valence-corrected chi connectivity index (χ2v) is 3.62. The quantitative estimate of drug-likeness (QED) is 0.684. The minimum Gasteiger partial charge on any atom is -0.324 e. The van der Waals surface area contributed by atoms with Gasteiger partial charge < -0.3 is 5.73 Å². The van der Waals surface area contributed by atoms with Crippen LogP contribution >= 0.6 is 0 Å². The van der Waals surface area contributed by atoms with Gasteiger partial charge in [0.25, 0.3) is 0 Å². The molecule has 0 saturated carbocycles. The standard InChI is InChI=1S/C10H13N3/c11-10(3-1-2-4-10)7-9-8-12-5-6-13-9/h1-2,5-6,8H,3-4,7,11H2. The van der Waals surface area contributed by atoms with Gasteiger partial charge in [0.15, 0.2) is 0 Å². The Bertz CT molecular complexity index is 297. The maximum Gasteiger partial charge on any atom is 0.0605 e. The van der Waals surface area contributed by atoms with E-state index in [9.17, 15) is 0 Å². The zero-order valence-corrected chi connectivity index (χ0v) is 7.48. The predicted molar refractivity (Wildman–Crippen MR) is 51.0 cm³/mol. The van der Waals surface area contributed by atoms with Gasteiger partial charge in [0.1, 0.15) is 0 Å². The van der Waals surface area contributed by atoms with E-state index in [0.29, 0.717) is 0 Å². The number of rotatable bonds is 2. The Balaban J connectivity index is 2.06. The summed E-state index contributed by atoms with van der Waals surface area (Å²) in [5.41, 5.74) is 7.03. The van der Waals surface area contributed by atoms with Gasteiger partial charge in [0, 0.05) is 30.6 Å². The van der Waals surface area contributed by atoms with Crippen LogP contribution in [0.4, 0.5) is 0 Å². The average molecular weight is 175 g/mol. The van der Waals surface area contributed by atoms with Crippen LogP contribution in [-0.4, -0.2) is 15.5 Å². The van der Waals surface area contributed by atoms with Gasteiger partial charge in [0.2, 0.25) is 0 Å². The molecule has 13 heavy (non-hydrogen) atoms. The van der Waals surface area contributed by atoms with E-state index in [-0.39, 0.29) is 5.54 Å². The molecule has 1 aliphatic carbocycles. The Hall–Kier alpha value is -1.22. The molecular weight excluding hydrogens is 162 g/mol. The minimum atomic E-state index is -0.115. The highest BCUT2D eigenvalue weighted by molar-refractivity contribution is 5.12. The molecule has 0 radical (unpaired) electrons. The number of nitrogens with zero attached hydrogens (tertiary/aromatic N) is 2. The van der Waals surface area contributed by atoms with Crippen molar-refractivity contribution in [1.29, 1.82) is 0 Å². The van der Waals surface area contributed by atoms with Crippen molar-refractivity contribution in [1.82, 2.24) is 9.97 Å². The smallest absolute Gasteiger partial charge is 0.0605 e. The summed E-state index contributed by atoms with van der Waals surface area (Å²) in [6, 6.07) is 0. The summed E-state index contributed by atoms with van der Waals surface area (Å²) in [5, 5.41) is 0. The second-order valence-electron chi connectivity index (χ2n) is 3.62. The first-order chi connectivity index (χ1) is 6.29. The van der Waals surface area contributed by atoms with Gasteiger partial charge in [0.05, 0.1) is 5.69 Å². The van der Waals surface area contributed by atoms with E-state index in [1.54, 1.807) is 18.6 Å². The maximum atomic E-state index is 6.16.